The molecule has 0 saturated heterocycles. The van der Waals surface area contributed by atoms with Crippen LogP contribution in [0.1, 0.15) is 38.3 Å². The minimum absolute atomic E-state index is 0.294. The summed E-state index contributed by atoms with van der Waals surface area (Å²) in [6.07, 6.45) is 0. The van der Waals surface area contributed by atoms with Crippen molar-refractivity contribution in [3.8, 4) is 0 Å². The van der Waals surface area contributed by atoms with Crippen LogP contribution in [0.15, 0.2) is 5.51 Å². The molecule has 0 aliphatic rings. The predicted molar refractivity (Wildman–Crippen MR) is 84.7 cm³/mol. The summed E-state index contributed by atoms with van der Waals surface area (Å²) in [4.78, 5) is 8.10. The van der Waals surface area contributed by atoms with E-state index in [0.29, 0.717) is 11.3 Å². The Hall–Kier alpha value is -0.450. The minimum atomic E-state index is 0.294. The van der Waals surface area contributed by atoms with Crippen LogP contribution in [0.5, 0.6) is 0 Å². The van der Waals surface area contributed by atoms with Crippen LogP contribution < -0.4 is 5.32 Å². The Bertz CT molecular complexity index is 371. The van der Waals surface area contributed by atoms with Crippen LogP contribution >= 0.6 is 11.3 Å². The zero-order chi connectivity index (χ0) is 14.5. The second-order valence-corrected chi connectivity index (χ2v) is 7.66. The first-order valence-electron chi connectivity index (χ1n) is 7.08. The number of nitrogens with zero attached hydrogens (tertiary/aromatic N) is 2. The second-order valence-electron chi connectivity index (χ2n) is 6.72. The lowest BCUT2D eigenvalue weighted by Gasteiger charge is -2.30. The first-order chi connectivity index (χ1) is 8.80. The fraction of sp³-hybridized carbons (Fsp3) is 0.800. The van der Waals surface area contributed by atoms with Gasteiger partial charge < -0.3 is 10.2 Å². The molecule has 3 nitrogen and oxygen atoms in total. The van der Waals surface area contributed by atoms with Crippen molar-refractivity contribution < 1.29 is 0 Å². The van der Waals surface area contributed by atoms with Gasteiger partial charge in [-0.3, -0.25) is 0 Å². The molecule has 0 aromatic carbocycles. The Morgan fingerprint density at radius 3 is 2.63 bits per heavy atom. The monoisotopic (exact) mass is 283 g/mol. The highest BCUT2D eigenvalue weighted by Crippen LogP contribution is 2.19. The summed E-state index contributed by atoms with van der Waals surface area (Å²) < 4.78 is 0. The quantitative estimate of drug-likeness (QED) is 0.794. The third-order valence-corrected chi connectivity index (χ3v) is 4.03. The maximum atomic E-state index is 4.31. The molecule has 0 spiro atoms. The molecule has 0 radical (unpaired) electrons. The van der Waals surface area contributed by atoms with Crippen LogP contribution in [-0.2, 0) is 6.54 Å². The van der Waals surface area contributed by atoms with Gasteiger partial charge in [0.25, 0.3) is 0 Å². The van der Waals surface area contributed by atoms with Crippen molar-refractivity contribution >= 4 is 11.3 Å². The summed E-state index contributed by atoms with van der Waals surface area (Å²) in [6, 6.07) is 0. The average Bonchev–Trinajstić information content (AvgIpc) is 2.62. The molecule has 1 aromatic rings. The summed E-state index contributed by atoms with van der Waals surface area (Å²) in [6.45, 7) is 15.5. The van der Waals surface area contributed by atoms with Gasteiger partial charge in [-0.15, -0.1) is 11.3 Å². The number of hydrogen-bond donors (Lipinski definition) is 1. The molecule has 0 bridgehead atoms. The topological polar surface area (TPSA) is 28.2 Å². The summed E-state index contributed by atoms with van der Waals surface area (Å²) in [5.74, 6) is 0.716. The highest BCUT2D eigenvalue weighted by Gasteiger charge is 2.20. The molecule has 0 fully saturated rings. The molecule has 1 aromatic heterocycles. The number of aromatic nitrogens is 1. The zero-order valence-electron chi connectivity index (χ0n) is 13.3. The molecule has 0 amide bonds. The van der Waals surface area contributed by atoms with Gasteiger partial charge in [-0.2, -0.15) is 0 Å². The average molecular weight is 283 g/mol. The van der Waals surface area contributed by atoms with Gasteiger partial charge in [0.05, 0.1) is 11.2 Å². The molecule has 0 atom stereocenters. The van der Waals surface area contributed by atoms with Crippen molar-refractivity contribution in [1.82, 2.24) is 15.2 Å². The Morgan fingerprint density at radius 1 is 1.42 bits per heavy atom. The van der Waals surface area contributed by atoms with Crippen LogP contribution in [0.4, 0.5) is 0 Å². The van der Waals surface area contributed by atoms with Gasteiger partial charge in [0.15, 0.2) is 0 Å². The van der Waals surface area contributed by atoms with E-state index >= 15 is 0 Å². The van der Waals surface area contributed by atoms with Gasteiger partial charge in [-0.1, -0.05) is 27.7 Å². The third-order valence-electron chi connectivity index (χ3n) is 3.11. The van der Waals surface area contributed by atoms with Gasteiger partial charge in [-0.05, 0) is 31.8 Å². The van der Waals surface area contributed by atoms with E-state index in [0.717, 1.165) is 26.2 Å². The Kier molecular flexibility index (Phi) is 6.43. The molecule has 0 aliphatic carbocycles. The molecule has 1 heterocycles. The second kappa shape index (κ2) is 7.36. The zero-order valence-corrected chi connectivity index (χ0v) is 14.1. The lowest BCUT2D eigenvalue weighted by Crippen LogP contribution is -2.39. The summed E-state index contributed by atoms with van der Waals surface area (Å²) in [5, 5.41) is 3.56. The van der Waals surface area contributed by atoms with Crippen molar-refractivity contribution in [3.05, 3.63) is 16.1 Å². The highest BCUT2D eigenvalue weighted by molar-refractivity contribution is 7.09. The first-order valence-corrected chi connectivity index (χ1v) is 7.96. The van der Waals surface area contributed by atoms with E-state index in [-0.39, 0.29) is 0 Å². The van der Waals surface area contributed by atoms with E-state index in [2.05, 4.69) is 56.9 Å². The fourth-order valence-electron chi connectivity index (χ4n) is 2.26. The lowest BCUT2D eigenvalue weighted by molar-refractivity contribution is 0.198. The van der Waals surface area contributed by atoms with Crippen molar-refractivity contribution in [2.24, 2.45) is 11.3 Å². The lowest BCUT2D eigenvalue weighted by atomic mass is 9.92. The van der Waals surface area contributed by atoms with Gasteiger partial charge in [0.1, 0.15) is 0 Å². The largest absolute Gasteiger partial charge is 0.316 e. The Balaban J connectivity index is 2.37. The van der Waals surface area contributed by atoms with Crippen molar-refractivity contribution in [2.45, 2.75) is 41.2 Å². The van der Waals surface area contributed by atoms with Crippen molar-refractivity contribution in [2.75, 3.05) is 26.7 Å². The van der Waals surface area contributed by atoms with Crippen LogP contribution in [0.3, 0.4) is 0 Å². The predicted octanol–water partition coefficient (Wildman–Crippen LogP) is 3.16. The number of hydrogen-bond acceptors (Lipinski definition) is 4. The molecule has 0 aliphatic heterocycles. The standard InChI is InChI=1S/C15H29N3S/c1-12(2)7-16-9-15(4,5)10-18(6)8-14-13(3)17-11-19-14/h11-12,16H,7-10H2,1-6H3. The molecule has 110 valence electrons. The normalized spacial score (nSPS) is 12.6. The van der Waals surface area contributed by atoms with Crippen molar-refractivity contribution in [1.29, 1.82) is 0 Å². The van der Waals surface area contributed by atoms with E-state index in [9.17, 15) is 0 Å². The summed E-state index contributed by atoms with van der Waals surface area (Å²) in [5.41, 5.74) is 3.41. The molecule has 4 heteroatoms. The van der Waals surface area contributed by atoms with Crippen LogP contribution in [0.2, 0.25) is 0 Å². The van der Waals surface area contributed by atoms with Gasteiger partial charge in [0, 0.05) is 24.5 Å². The highest BCUT2D eigenvalue weighted by atomic mass is 32.1. The van der Waals surface area contributed by atoms with E-state index in [1.165, 1.54) is 10.6 Å². The number of nitrogens with one attached hydrogen (secondary N) is 1. The summed E-state index contributed by atoms with van der Waals surface area (Å²) in [7, 11) is 2.20. The van der Waals surface area contributed by atoms with Gasteiger partial charge in [-0.25, -0.2) is 4.98 Å². The smallest absolute Gasteiger partial charge is 0.0798 e. The molecule has 1 N–H and O–H groups in total. The maximum Gasteiger partial charge on any atom is 0.0798 e. The Morgan fingerprint density at radius 2 is 2.11 bits per heavy atom. The van der Waals surface area contributed by atoms with E-state index in [1.54, 1.807) is 11.3 Å². The third kappa shape index (κ3) is 6.50. The van der Waals surface area contributed by atoms with E-state index in [4.69, 9.17) is 0 Å². The van der Waals surface area contributed by atoms with Gasteiger partial charge in [0.2, 0.25) is 0 Å². The van der Waals surface area contributed by atoms with E-state index < -0.39 is 0 Å². The minimum Gasteiger partial charge on any atom is -0.316 e. The number of thiazole rings is 1. The molecule has 19 heavy (non-hydrogen) atoms. The maximum absolute atomic E-state index is 4.31. The van der Waals surface area contributed by atoms with Crippen LogP contribution in [0, 0.1) is 18.3 Å². The first kappa shape index (κ1) is 16.6. The van der Waals surface area contributed by atoms with E-state index in [1.807, 2.05) is 5.51 Å². The number of aryl methyl sites for hydroxylation is 1. The fourth-order valence-corrected chi connectivity index (χ4v) is 3.12. The molecular weight excluding hydrogens is 254 g/mol. The SMILES string of the molecule is Cc1ncsc1CN(C)CC(C)(C)CNCC(C)C. The summed E-state index contributed by atoms with van der Waals surface area (Å²) >= 11 is 1.76. The Labute approximate surface area is 122 Å². The van der Waals surface area contributed by atoms with Crippen molar-refractivity contribution in [3.63, 3.8) is 0 Å². The molecule has 0 unspecified atom stereocenters. The molecular formula is C15H29N3S. The number of rotatable bonds is 8. The molecule has 1 rings (SSSR count). The van der Waals surface area contributed by atoms with Crippen LogP contribution in [0.25, 0.3) is 0 Å². The van der Waals surface area contributed by atoms with Crippen LogP contribution in [-0.4, -0.2) is 36.6 Å². The van der Waals surface area contributed by atoms with Gasteiger partial charge >= 0.3 is 0 Å². The molecule has 0 saturated carbocycles.